The number of amides is 1. The van der Waals surface area contributed by atoms with Gasteiger partial charge in [-0.3, -0.25) is 9.48 Å². The van der Waals surface area contributed by atoms with E-state index in [1.54, 1.807) is 48.9 Å². The normalized spacial score (nSPS) is 16.4. The Morgan fingerprint density at radius 3 is 2.32 bits per heavy atom. The fourth-order valence-electron chi connectivity index (χ4n) is 4.00. The van der Waals surface area contributed by atoms with Crippen LogP contribution in [0.4, 0.5) is 5.69 Å². The Bertz CT molecular complexity index is 1330. The molecule has 8 nitrogen and oxygen atoms in total. The molecule has 0 aliphatic carbocycles. The summed E-state index contributed by atoms with van der Waals surface area (Å²) in [7, 11) is -3.38. The summed E-state index contributed by atoms with van der Waals surface area (Å²) in [6.45, 7) is 3.48. The Morgan fingerprint density at radius 1 is 1.06 bits per heavy atom. The minimum Gasteiger partial charge on any atom is -0.452 e. The first kappa shape index (κ1) is 23.4. The zero-order chi connectivity index (χ0) is 24.3. The maximum absolute atomic E-state index is 13.1. The fraction of sp³-hybridized carbons (Fsp3) is 0.240. The molecule has 2 heterocycles. The highest BCUT2D eigenvalue weighted by Crippen LogP contribution is 2.23. The van der Waals surface area contributed by atoms with E-state index in [1.807, 2.05) is 30.3 Å². The molecular formula is C25H25N3O5S. The van der Waals surface area contributed by atoms with E-state index in [9.17, 15) is 18.0 Å². The molecule has 0 spiro atoms. The number of ether oxygens (including phenoxy) is 1. The fourth-order valence-corrected chi connectivity index (χ4v) is 5.27. The van der Waals surface area contributed by atoms with Crippen LogP contribution in [0.25, 0.3) is 0 Å². The molecule has 0 saturated carbocycles. The summed E-state index contributed by atoms with van der Waals surface area (Å²) in [6, 6.07) is 17.8. The van der Waals surface area contributed by atoms with Crippen LogP contribution in [0.3, 0.4) is 0 Å². The van der Waals surface area contributed by atoms with Gasteiger partial charge in [0.05, 0.1) is 29.7 Å². The van der Waals surface area contributed by atoms with Crippen molar-refractivity contribution >= 4 is 27.4 Å². The number of hydrogen-bond acceptors (Lipinski definition) is 6. The van der Waals surface area contributed by atoms with Crippen molar-refractivity contribution < 1.29 is 22.7 Å². The summed E-state index contributed by atoms with van der Waals surface area (Å²) in [5.41, 5.74) is 3.04. The van der Waals surface area contributed by atoms with Gasteiger partial charge in [0.1, 0.15) is 5.56 Å². The Kier molecular flexibility index (Phi) is 6.65. The van der Waals surface area contributed by atoms with Crippen LogP contribution in [0.15, 0.2) is 72.1 Å². The number of anilines is 1. The number of benzene rings is 2. The number of nitrogens with zero attached hydrogens (tertiary/aromatic N) is 3. The third-order valence-electron chi connectivity index (χ3n) is 5.63. The lowest BCUT2D eigenvalue weighted by atomic mass is 10.2. The van der Waals surface area contributed by atoms with Crippen molar-refractivity contribution in [2.24, 2.45) is 0 Å². The van der Waals surface area contributed by atoms with Crippen LogP contribution in [0, 0.1) is 13.8 Å². The zero-order valence-electron chi connectivity index (χ0n) is 18.9. The smallest absolute Gasteiger partial charge is 0.342 e. The van der Waals surface area contributed by atoms with E-state index in [-0.39, 0.29) is 5.75 Å². The summed E-state index contributed by atoms with van der Waals surface area (Å²) in [4.78, 5) is 27.3. The molecule has 3 aromatic rings. The zero-order valence-corrected chi connectivity index (χ0v) is 19.7. The number of aryl methyl sites for hydroxylation is 1. The van der Waals surface area contributed by atoms with Crippen LogP contribution in [0.1, 0.15) is 27.3 Å². The molecule has 1 amide bonds. The lowest BCUT2D eigenvalue weighted by Crippen LogP contribution is -2.43. The van der Waals surface area contributed by atoms with Crippen LogP contribution < -0.4 is 4.90 Å². The largest absolute Gasteiger partial charge is 0.452 e. The number of sulfone groups is 1. The SMILES string of the molecule is Cc1nn(Cc2ccccc2)c(C)c1C(=O)OCC(=O)N(c1ccccc1)C1C=CS(=O)(=O)C1. The van der Waals surface area contributed by atoms with E-state index < -0.39 is 34.4 Å². The van der Waals surface area contributed by atoms with Gasteiger partial charge in [0.25, 0.3) is 5.91 Å². The number of rotatable bonds is 7. The number of hydrogen-bond donors (Lipinski definition) is 0. The quantitative estimate of drug-likeness (QED) is 0.483. The van der Waals surface area contributed by atoms with Gasteiger partial charge in [0.15, 0.2) is 16.4 Å². The third kappa shape index (κ3) is 5.09. The number of esters is 1. The molecular weight excluding hydrogens is 454 g/mol. The molecule has 2 aromatic carbocycles. The minimum absolute atomic E-state index is 0.216. The second kappa shape index (κ2) is 9.64. The first-order valence-electron chi connectivity index (χ1n) is 10.8. The van der Waals surface area contributed by atoms with E-state index in [0.29, 0.717) is 29.2 Å². The number of carbonyl (C=O) groups excluding carboxylic acids is 2. The Morgan fingerprint density at radius 2 is 1.71 bits per heavy atom. The second-order valence-corrected chi connectivity index (χ2v) is 10.0. The number of para-hydroxylation sites is 1. The van der Waals surface area contributed by atoms with E-state index >= 15 is 0 Å². The van der Waals surface area contributed by atoms with Crippen LogP contribution in [0.5, 0.6) is 0 Å². The van der Waals surface area contributed by atoms with Crippen LogP contribution in [0.2, 0.25) is 0 Å². The highest BCUT2D eigenvalue weighted by Gasteiger charge is 2.32. The monoisotopic (exact) mass is 479 g/mol. The van der Waals surface area contributed by atoms with Crippen LogP contribution >= 0.6 is 0 Å². The lowest BCUT2D eigenvalue weighted by molar-refractivity contribution is -0.121. The molecule has 0 bridgehead atoms. The Hall–Kier alpha value is -3.72. The number of aromatic nitrogens is 2. The van der Waals surface area contributed by atoms with Gasteiger partial charge in [0, 0.05) is 11.1 Å². The highest BCUT2D eigenvalue weighted by atomic mass is 32.2. The number of carbonyl (C=O) groups is 2. The average Bonchev–Trinajstić information content (AvgIpc) is 3.31. The first-order valence-corrected chi connectivity index (χ1v) is 12.5. The van der Waals surface area contributed by atoms with Crippen molar-refractivity contribution in [1.29, 1.82) is 0 Å². The first-order chi connectivity index (χ1) is 16.2. The molecule has 4 rings (SSSR count). The summed E-state index contributed by atoms with van der Waals surface area (Å²) >= 11 is 0. The predicted octanol–water partition coefficient (Wildman–Crippen LogP) is 3.05. The van der Waals surface area contributed by atoms with Gasteiger partial charge in [-0.05, 0) is 37.6 Å². The van der Waals surface area contributed by atoms with E-state index in [4.69, 9.17) is 4.74 Å². The van der Waals surface area contributed by atoms with Gasteiger partial charge in [-0.1, -0.05) is 48.5 Å². The molecule has 0 N–H and O–H groups in total. The maximum Gasteiger partial charge on any atom is 0.342 e. The van der Waals surface area contributed by atoms with Crippen molar-refractivity contribution in [2.45, 2.75) is 26.4 Å². The van der Waals surface area contributed by atoms with Gasteiger partial charge in [-0.2, -0.15) is 5.10 Å². The molecule has 0 fully saturated rings. The van der Waals surface area contributed by atoms with Gasteiger partial charge in [-0.15, -0.1) is 0 Å². The van der Waals surface area contributed by atoms with Crippen LogP contribution in [-0.2, 0) is 25.9 Å². The molecule has 9 heteroatoms. The van der Waals surface area contributed by atoms with Crippen molar-refractivity contribution in [3.8, 4) is 0 Å². The molecule has 1 aliphatic heterocycles. The van der Waals surface area contributed by atoms with E-state index in [0.717, 1.165) is 11.0 Å². The molecule has 1 atom stereocenters. The molecule has 1 aromatic heterocycles. The summed E-state index contributed by atoms with van der Waals surface area (Å²) < 4.78 is 31.0. The maximum atomic E-state index is 13.1. The second-order valence-electron chi connectivity index (χ2n) is 8.09. The van der Waals surface area contributed by atoms with Gasteiger partial charge in [0.2, 0.25) is 0 Å². The third-order valence-corrected chi connectivity index (χ3v) is 7.01. The average molecular weight is 480 g/mol. The van der Waals surface area contributed by atoms with Gasteiger partial charge < -0.3 is 9.64 Å². The van der Waals surface area contributed by atoms with Crippen molar-refractivity contribution in [3.63, 3.8) is 0 Å². The highest BCUT2D eigenvalue weighted by molar-refractivity contribution is 7.94. The van der Waals surface area contributed by atoms with Crippen LogP contribution in [-0.4, -0.2) is 48.5 Å². The summed E-state index contributed by atoms with van der Waals surface area (Å²) in [5.74, 6) is -1.38. The van der Waals surface area contributed by atoms with Crippen molar-refractivity contribution in [2.75, 3.05) is 17.3 Å². The summed E-state index contributed by atoms with van der Waals surface area (Å²) in [6.07, 6.45) is 1.48. The topological polar surface area (TPSA) is 98.6 Å². The molecule has 1 unspecified atom stereocenters. The molecule has 1 aliphatic rings. The molecule has 0 radical (unpaired) electrons. The van der Waals surface area contributed by atoms with Gasteiger partial charge in [-0.25, -0.2) is 13.2 Å². The van der Waals surface area contributed by atoms with Crippen molar-refractivity contribution in [1.82, 2.24) is 9.78 Å². The predicted molar refractivity (Wildman–Crippen MR) is 128 cm³/mol. The molecule has 0 saturated heterocycles. The standard InChI is InChI=1S/C25H25N3O5S/c1-18-24(19(2)27(26-18)15-20-9-5-3-6-10-20)25(30)33-16-23(29)28(21-11-7-4-8-12-21)22-13-14-34(31,32)17-22/h3-14,22H,15-17H2,1-2H3. The van der Waals surface area contributed by atoms with E-state index in [2.05, 4.69) is 5.10 Å². The minimum atomic E-state index is -3.38. The van der Waals surface area contributed by atoms with E-state index in [1.165, 1.54) is 11.0 Å². The Labute approximate surface area is 198 Å². The molecule has 34 heavy (non-hydrogen) atoms. The molecule has 176 valence electrons. The lowest BCUT2D eigenvalue weighted by Gasteiger charge is -2.27. The van der Waals surface area contributed by atoms with Crippen molar-refractivity contribution in [3.05, 3.63) is 94.7 Å². The summed E-state index contributed by atoms with van der Waals surface area (Å²) in [5, 5.41) is 5.57. The van der Waals surface area contributed by atoms with Gasteiger partial charge >= 0.3 is 5.97 Å². The Balaban J connectivity index is 1.49.